The summed E-state index contributed by atoms with van der Waals surface area (Å²) < 4.78 is 0. The summed E-state index contributed by atoms with van der Waals surface area (Å²) in [6.07, 6.45) is 3.26. The maximum absolute atomic E-state index is 12.1. The summed E-state index contributed by atoms with van der Waals surface area (Å²) in [5, 5.41) is 0. The van der Waals surface area contributed by atoms with Crippen molar-refractivity contribution in [2.75, 3.05) is 7.05 Å². The topological polar surface area (TPSA) is 33.2 Å². The van der Waals surface area contributed by atoms with Gasteiger partial charge in [0.1, 0.15) is 0 Å². The molecule has 0 aliphatic heterocycles. The molecule has 2 aromatic rings. The van der Waals surface area contributed by atoms with Crippen LogP contribution in [0, 0.1) is 6.92 Å². The van der Waals surface area contributed by atoms with Crippen LogP contribution in [0.25, 0.3) is 0 Å². The van der Waals surface area contributed by atoms with E-state index in [9.17, 15) is 4.79 Å². The minimum atomic E-state index is -0.00801. The van der Waals surface area contributed by atoms with E-state index in [4.69, 9.17) is 0 Å². The number of hydrogen-bond acceptors (Lipinski definition) is 2. The summed E-state index contributed by atoms with van der Waals surface area (Å²) in [6, 6.07) is 11.6. The lowest BCUT2D eigenvalue weighted by Gasteiger charge is -2.18. The van der Waals surface area contributed by atoms with Crippen LogP contribution in [-0.2, 0) is 6.54 Å². The van der Waals surface area contributed by atoms with Gasteiger partial charge in [-0.05, 0) is 30.2 Å². The van der Waals surface area contributed by atoms with Crippen LogP contribution in [0.3, 0.4) is 0 Å². The third kappa shape index (κ3) is 2.74. The quantitative estimate of drug-likeness (QED) is 0.826. The van der Waals surface area contributed by atoms with E-state index in [1.165, 1.54) is 5.56 Å². The average Bonchev–Trinajstić information content (AvgIpc) is 2.41. The fraction of sp³-hybridized carbons (Fsp3) is 0.200. The fourth-order valence-electron chi connectivity index (χ4n) is 1.82. The number of benzene rings is 1. The number of carbonyl (C=O) groups excluding carboxylic acids is 1. The molecular weight excluding hydrogens is 224 g/mol. The van der Waals surface area contributed by atoms with E-state index in [1.54, 1.807) is 29.4 Å². The predicted molar refractivity (Wildman–Crippen MR) is 71.2 cm³/mol. The van der Waals surface area contributed by atoms with Gasteiger partial charge in [0.25, 0.3) is 5.91 Å². The van der Waals surface area contributed by atoms with Gasteiger partial charge >= 0.3 is 0 Å². The number of amides is 1. The Morgan fingerprint density at radius 3 is 2.67 bits per heavy atom. The van der Waals surface area contributed by atoms with Gasteiger partial charge in [-0.3, -0.25) is 9.78 Å². The van der Waals surface area contributed by atoms with E-state index >= 15 is 0 Å². The summed E-state index contributed by atoms with van der Waals surface area (Å²) in [5.41, 5.74) is 2.98. The monoisotopic (exact) mass is 240 g/mol. The molecule has 0 N–H and O–H groups in total. The molecule has 0 spiro atoms. The van der Waals surface area contributed by atoms with Gasteiger partial charge < -0.3 is 4.90 Å². The average molecular weight is 240 g/mol. The van der Waals surface area contributed by atoms with Gasteiger partial charge in [-0.2, -0.15) is 0 Å². The van der Waals surface area contributed by atoms with Crippen LogP contribution >= 0.6 is 0 Å². The molecule has 0 radical (unpaired) electrons. The van der Waals surface area contributed by atoms with Crippen molar-refractivity contribution in [3.63, 3.8) is 0 Å². The van der Waals surface area contributed by atoms with Gasteiger partial charge in [-0.25, -0.2) is 0 Å². The first kappa shape index (κ1) is 12.3. The summed E-state index contributed by atoms with van der Waals surface area (Å²) in [4.78, 5) is 17.8. The highest BCUT2D eigenvalue weighted by Gasteiger charge is 2.12. The number of aromatic nitrogens is 1. The third-order valence-corrected chi connectivity index (χ3v) is 2.92. The van der Waals surface area contributed by atoms with Gasteiger partial charge in [0.15, 0.2) is 0 Å². The Morgan fingerprint density at radius 1 is 1.22 bits per heavy atom. The van der Waals surface area contributed by atoms with Crippen LogP contribution in [0.1, 0.15) is 21.5 Å². The predicted octanol–water partition coefficient (Wildman–Crippen LogP) is 2.66. The van der Waals surface area contributed by atoms with Crippen LogP contribution in [0.4, 0.5) is 0 Å². The molecule has 0 aliphatic carbocycles. The van der Waals surface area contributed by atoms with Crippen molar-refractivity contribution in [2.24, 2.45) is 0 Å². The highest BCUT2D eigenvalue weighted by molar-refractivity contribution is 5.93. The van der Waals surface area contributed by atoms with E-state index in [0.29, 0.717) is 12.1 Å². The number of carbonyl (C=O) groups is 1. The largest absolute Gasteiger partial charge is 0.337 e. The molecule has 2 rings (SSSR count). The van der Waals surface area contributed by atoms with E-state index in [-0.39, 0.29) is 5.91 Å². The summed E-state index contributed by atoms with van der Waals surface area (Å²) in [7, 11) is 1.81. The Hall–Kier alpha value is -2.16. The number of rotatable bonds is 3. The van der Waals surface area contributed by atoms with Crippen molar-refractivity contribution in [1.29, 1.82) is 0 Å². The first-order valence-corrected chi connectivity index (χ1v) is 5.88. The lowest BCUT2D eigenvalue weighted by Crippen LogP contribution is -2.26. The molecule has 3 heteroatoms. The molecule has 0 bridgehead atoms. The highest BCUT2D eigenvalue weighted by Crippen LogP contribution is 2.11. The van der Waals surface area contributed by atoms with Gasteiger partial charge in [0, 0.05) is 26.0 Å². The number of nitrogens with zero attached hydrogens (tertiary/aromatic N) is 2. The maximum atomic E-state index is 12.1. The first-order valence-electron chi connectivity index (χ1n) is 5.88. The van der Waals surface area contributed by atoms with Crippen molar-refractivity contribution >= 4 is 5.91 Å². The Labute approximate surface area is 107 Å². The Balaban J connectivity index is 2.11. The van der Waals surface area contributed by atoms with Crippen LogP contribution < -0.4 is 0 Å². The molecule has 1 heterocycles. The fourth-order valence-corrected chi connectivity index (χ4v) is 1.82. The number of aryl methyl sites for hydroxylation is 1. The van der Waals surface area contributed by atoms with Gasteiger partial charge in [-0.15, -0.1) is 0 Å². The molecule has 0 aliphatic rings. The van der Waals surface area contributed by atoms with E-state index in [2.05, 4.69) is 18.0 Å². The molecule has 0 saturated heterocycles. The number of pyridine rings is 1. The van der Waals surface area contributed by atoms with Crippen LogP contribution in [0.15, 0.2) is 48.8 Å². The lowest BCUT2D eigenvalue weighted by molar-refractivity contribution is 0.0784. The van der Waals surface area contributed by atoms with E-state index < -0.39 is 0 Å². The highest BCUT2D eigenvalue weighted by atomic mass is 16.2. The van der Waals surface area contributed by atoms with Crippen molar-refractivity contribution in [3.05, 3.63) is 65.5 Å². The zero-order chi connectivity index (χ0) is 13.0. The van der Waals surface area contributed by atoms with E-state index in [0.717, 1.165) is 5.56 Å². The Morgan fingerprint density at radius 2 is 2.00 bits per heavy atom. The van der Waals surface area contributed by atoms with Crippen molar-refractivity contribution in [2.45, 2.75) is 13.5 Å². The smallest absolute Gasteiger partial charge is 0.255 e. The van der Waals surface area contributed by atoms with Crippen molar-refractivity contribution < 1.29 is 4.79 Å². The normalized spacial score (nSPS) is 10.1. The minimum absolute atomic E-state index is 0.00801. The number of hydrogen-bond donors (Lipinski definition) is 0. The standard InChI is InChI=1S/C15H16N2O/c1-12-6-3-4-7-14(12)11-17(2)15(18)13-8-5-9-16-10-13/h3-10H,11H2,1-2H3. The lowest BCUT2D eigenvalue weighted by atomic mass is 10.1. The van der Waals surface area contributed by atoms with Crippen LogP contribution in [0.5, 0.6) is 0 Å². The molecule has 0 fully saturated rings. The third-order valence-electron chi connectivity index (χ3n) is 2.92. The summed E-state index contributed by atoms with van der Waals surface area (Å²) in [5.74, 6) is -0.00801. The van der Waals surface area contributed by atoms with Crippen LogP contribution in [-0.4, -0.2) is 22.8 Å². The van der Waals surface area contributed by atoms with Crippen molar-refractivity contribution in [1.82, 2.24) is 9.88 Å². The molecule has 3 nitrogen and oxygen atoms in total. The molecule has 1 aromatic heterocycles. The Bertz CT molecular complexity index is 537. The Kier molecular flexibility index (Phi) is 3.72. The van der Waals surface area contributed by atoms with Crippen LogP contribution in [0.2, 0.25) is 0 Å². The summed E-state index contributed by atoms with van der Waals surface area (Å²) >= 11 is 0. The molecular formula is C15H16N2O. The molecule has 0 saturated carbocycles. The molecule has 1 aromatic carbocycles. The van der Waals surface area contributed by atoms with Crippen molar-refractivity contribution in [3.8, 4) is 0 Å². The van der Waals surface area contributed by atoms with Gasteiger partial charge in [0.2, 0.25) is 0 Å². The SMILES string of the molecule is Cc1ccccc1CN(C)C(=O)c1cccnc1. The minimum Gasteiger partial charge on any atom is -0.337 e. The molecule has 92 valence electrons. The zero-order valence-electron chi connectivity index (χ0n) is 10.6. The molecule has 18 heavy (non-hydrogen) atoms. The van der Waals surface area contributed by atoms with Gasteiger partial charge in [0.05, 0.1) is 5.56 Å². The second kappa shape index (κ2) is 5.45. The van der Waals surface area contributed by atoms with Gasteiger partial charge in [-0.1, -0.05) is 24.3 Å². The second-order valence-corrected chi connectivity index (χ2v) is 4.33. The first-order chi connectivity index (χ1) is 8.68. The molecule has 0 atom stereocenters. The maximum Gasteiger partial charge on any atom is 0.255 e. The summed E-state index contributed by atoms with van der Waals surface area (Å²) in [6.45, 7) is 2.66. The molecule has 1 amide bonds. The zero-order valence-corrected chi connectivity index (χ0v) is 10.6. The van der Waals surface area contributed by atoms with E-state index in [1.807, 2.05) is 25.2 Å². The molecule has 0 unspecified atom stereocenters. The second-order valence-electron chi connectivity index (χ2n) is 4.33.